The van der Waals surface area contributed by atoms with Gasteiger partial charge in [0.1, 0.15) is 6.04 Å². The monoisotopic (exact) mass is 509 g/mol. The number of benzene rings is 3. The van der Waals surface area contributed by atoms with Crippen LogP contribution in [-0.4, -0.2) is 55.6 Å². The Morgan fingerprint density at radius 1 is 0.972 bits per heavy atom. The van der Waals surface area contributed by atoms with E-state index in [0.29, 0.717) is 6.54 Å². The van der Waals surface area contributed by atoms with Gasteiger partial charge in [0.15, 0.2) is 0 Å². The lowest BCUT2D eigenvalue weighted by molar-refractivity contribution is -0.140. The van der Waals surface area contributed by atoms with E-state index in [-0.39, 0.29) is 23.9 Å². The van der Waals surface area contributed by atoms with Gasteiger partial charge in [-0.1, -0.05) is 73.5 Å². The number of hydrogen-bond acceptors (Lipinski definition) is 4. The van der Waals surface area contributed by atoms with Crippen LogP contribution in [0.2, 0.25) is 0 Å². The number of fused-ring (bicyclic) bond motifs is 1. The number of sulfonamides is 1. The van der Waals surface area contributed by atoms with Gasteiger partial charge in [0.05, 0.1) is 11.4 Å². The number of nitrogens with one attached hydrogen (secondary N) is 1. The summed E-state index contributed by atoms with van der Waals surface area (Å²) in [7, 11) is -2.53. The molecule has 2 amide bonds. The number of unbranched alkanes of at least 4 members (excludes halogenated alkanes) is 1. The Balaban J connectivity index is 1.82. The smallest absolute Gasteiger partial charge is 0.243 e. The zero-order chi connectivity index (χ0) is 26.3. The van der Waals surface area contributed by atoms with Gasteiger partial charge in [-0.15, -0.1) is 0 Å². The quantitative estimate of drug-likeness (QED) is 0.394. The van der Waals surface area contributed by atoms with Crippen molar-refractivity contribution < 1.29 is 18.0 Å². The molecule has 7 nitrogen and oxygen atoms in total. The Labute approximate surface area is 214 Å². The number of amides is 2. The van der Waals surface area contributed by atoms with Crippen LogP contribution in [0.25, 0.3) is 10.8 Å². The molecule has 0 bridgehead atoms. The van der Waals surface area contributed by atoms with Crippen LogP contribution in [-0.2, 0) is 26.2 Å². The molecule has 0 radical (unpaired) electrons. The first-order valence-corrected chi connectivity index (χ1v) is 13.7. The molecular weight excluding hydrogens is 474 g/mol. The van der Waals surface area contributed by atoms with E-state index in [1.807, 2.05) is 62.4 Å². The van der Waals surface area contributed by atoms with Gasteiger partial charge in [0, 0.05) is 20.1 Å². The van der Waals surface area contributed by atoms with Gasteiger partial charge in [0.2, 0.25) is 21.8 Å². The van der Waals surface area contributed by atoms with E-state index in [2.05, 4.69) is 5.32 Å². The summed E-state index contributed by atoms with van der Waals surface area (Å²) in [5.74, 6) is -0.703. The second kappa shape index (κ2) is 12.1. The normalized spacial score (nSPS) is 12.5. The summed E-state index contributed by atoms with van der Waals surface area (Å²) in [5.41, 5.74) is 1.91. The number of hydrogen-bond donors (Lipinski definition) is 1. The van der Waals surface area contributed by atoms with Crippen molar-refractivity contribution in [2.75, 3.05) is 20.1 Å². The summed E-state index contributed by atoms with van der Waals surface area (Å²) in [6.07, 6.45) is 1.79. The van der Waals surface area contributed by atoms with Gasteiger partial charge in [-0.2, -0.15) is 4.31 Å². The maximum Gasteiger partial charge on any atom is 0.243 e. The minimum atomic E-state index is -3.92. The first kappa shape index (κ1) is 27.4. The Hall–Kier alpha value is -3.23. The predicted molar refractivity (Wildman–Crippen MR) is 143 cm³/mol. The zero-order valence-corrected chi connectivity index (χ0v) is 22.2. The Kier molecular flexibility index (Phi) is 9.23. The van der Waals surface area contributed by atoms with Gasteiger partial charge in [-0.3, -0.25) is 9.59 Å². The summed E-state index contributed by atoms with van der Waals surface area (Å²) < 4.78 is 27.6. The summed E-state index contributed by atoms with van der Waals surface area (Å²) >= 11 is 0. The van der Waals surface area contributed by atoms with Crippen molar-refractivity contribution >= 4 is 32.6 Å². The molecule has 3 rings (SSSR count). The highest BCUT2D eigenvalue weighted by molar-refractivity contribution is 7.89. The van der Waals surface area contributed by atoms with Crippen molar-refractivity contribution in [1.29, 1.82) is 0 Å². The molecule has 0 aliphatic heterocycles. The molecule has 0 saturated heterocycles. The molecule has 1 atom stereocenters. The first-order valence-electron chi connectivity index (χ1n) is 12.2. The molecular formula is C28H35N3O4S. The van der Waals surface area contributed by atoms with Gasteiger partial charge >= 0.3 is 0 Å². The van der Waals surface area contributed by atoms with Crippen LogP contribution < -0.4 is 5.32 Å². The summed E-state index contributed by atoms with van der Waals surface area (Å²) in [6.45, 7) is 6.02. The van der Waals surface area contributed by atoms with Crippen molar-refractivity contribution in [2.45, 2.75) is 51.1 Å². The van der Waals surface area contributed by atoms with Gasteiger partial charge in [-0.05, 0) is 48.7 Å². The molecule has 1 N–H and O–H groups in total. The van der Waals surface area contributed by atoms with Crippen molar-refractivity contribution in [3.8, 4) is 0 Å². The van der Waals surface area contributed by atoms with Crippen molar-refractivity contribution in [1.82, 2.24) is 14.5 Å². The lowest BCUT2D eigenvalue weighted by atomic mass is 10.1. The average Bonchev–Trinajstić information content (AvgIpc) is 2.86. The minimum Gasteiger partial charge on any atom is -0.354 e. The third kappa shape index (κ3) is 6.71. The van der Waals surface area contributed by atoms with E-state index in [1.165, 1.54) is 11.9 Å². The van der Waals surface area contributed by atoms with E-state index in [0.717, 1.165) is 39.0 Å². The van der Waals surface area contributed by atoms with Gasteiger partial charge in [0.25, 0.3) is 0 Å². The van der Waals surface area contributed by atoms with Crippen LogP contribution in [0.5, 0.6) is 0 Å². The molecule has 8 heteroatoms. The third-order valence-corrected chi connectivity index (χ3v) is 8.02. The van der Waals surface area contributed by atoms with Crippen molar-refractivity contribution in [3.63, 3.8) is 0 Å². The lowest BCUT2D eigenvalue weighted by Gasteiger charge is -2.30. The molecule has 0 heterocycles. The maximum absolute atomic E-state index is 13.4. The minimum absolute atomic E-state index is 0.118. The summed E-state index contributed by atoms with van der Waals surface area (Å²) in [4.78, 5) is 27.8. The predicted octanol–water partition coefficient (Wildman–Crippen LogP) is 4.10. The molecule has 0 saturated carbocycles. The van der Waals surface area contributed by atoms with Gasteiger partial charge in [-0.25, -0.2) is 8.42 Å². The van der Waals surface area contributed by atoms with Crippen LogP contribution >= 0.6 is 0 Å². The second-order valence-electron chi connectivity index (χ2n) is 9.10. The van der Waals surface area contributed by atoms with Crippen LogP contribution in [0, 0.1) is 6.92 Å². The first-order chi connectivity index (χ1) is 17.1. The third-order valence-electron chi connectivity index (χ3n) is 6.22. The van der Waals surface area contributed by atoms with Gasteiger partial charge < -0.3 is 10.2 Å². The van der Waals surface area contributed by atoms with E-state index in [4.69, 9.17) is 0 Å². The van der Waals surface area contributed by atoms with E-state index in [9.17, 15) is 18.0 Å². The molecule has 36 heavy (non-hydrogen) atoms. The molecule has 0 aliphatic carbocycles. The molecule has 3 aromatic carbocycles. The summed E-state index contributed by atoms with van der Waals surface area (Å²) in [5, 5.41) is 4.61. The number of likely N-dealkylation sites (N-methyl/N-ethyl adjacent to an activating group) is 1. The highest BCUT2D eigenvalue weighted by Gasteiger charge is 2.30. The highest BCUT2D eigenvalue weighted by atomic mass is 32.2. The Morgan fingerprint density at radius 3 is 2.39 bits per heavy atom. The van der Waals surface area contributed by atoms with Crippen LogP contribution in [0.15, 0.2) is 71.6 Å². The fourth-order valence-electron chi connectivity index (χ4n) is 4.00. The molecule has 0 unspecified atom stereocenters. The molecule has 192 valence electrons. The summed E-state index contributed by atoms with van der Waals surface area (Å²) in [6, 6.07) is 19.4. The SMILES string of the molecule is CCCCNC(=O)[C@@H](C)N(Cc1cccc(C)c1)C(=O)CN(C)S(=O)(=O)c1ccc2ccccc2c1. The van der Waals surface area contributed by atoms with Crippen LogP contribution in [0.4, 0.5) is 0 Å². The number of carbonyl (C=O) groups is 2. The fraction of sp³-hybridized carbons (Fsp3) is 0.357. The second-order valence-corrected chi connectivity index (χ2v) is 11.1. The maximum atomic E-state index is 13.4. The molecule has 0 fully saturated rings. The Bertz CT molecular complexity index is 1320. The van der Waals surface area contributed by atoms with Crippen LogP contribution in [0.1, 0.15) is 37.8 Å². The lowest BCUT2D eigenvalue weighted by Crippen LogP contribution is -2.50. The molecule has 0 aliphatic rings. The van der Waals surface area contributed by atoms with E-state index >= 15 is 0 Å². The highest BCUT2D eigenvalue weighted by Crippen LogP contribution is 2.22. The molecule has 3 aromatic rings. The number of carbonyl (C=O) groups excluding carboxylic acids is 2. The number of aryl methyl sites for hydroxylation is 1. The average molecular weight is 510 g/mol. The number of rotatable bonds is 11. The van der Waals surface area contributed by atoms with Crippen molar-refractivity contribution in [2.24, 2.45) is 0 Å². The van der Waals surface area contributed by atoms with Crippen molar-refractivity contribution in [3.05, 3.63) is 77.9 Å². The molecule has 0 aromatic heterocycles. The van der Waals surface area contributed by atoms with E-state index < -0.39 is 22.0 Å². The largest absolute Gasteiger partial charge is 0.354 e. The Morgan fingerprint density at radius 2 is 1.69 bits per heavy atom. The number of nitrogens with zero attached hydrogens (tertiary/aromatic N) is 2. The van der Waals surface area contributed by atoms with Crippen LogP contribution in [0.3, 0.4) is 0 Å². The van der Waals surface area contributed by atoms with E-state index in [1.54, 1.807) is 25.1 Å². The molecule has 0 spiro atoms. The fourth-order valence-corrected chi connectivity index (χ4v) is 5.16. The topological polar surface area (TPSA) is 86.8 Å². The standard InChI is InChI=1S/C28H35N3O4S/c1-5-6-16-29-28(33)22(3)31(19-23-11-9-10-21(2)17-23)27(32)20-30(4)36(34,35)26-15-14-24-12-7-8-13-25(24)18-26/h7-15,17-18,22H,5-6,16,19-20H2,1-4H3,(H,29,33)/t22-/m1/s1. The zero-order valence-electron chi connectivity index (χ0n) is 21.4.